The number of carbonyl (C=O) groups excluding carboxylic acids is 1. The highest BCUT2D eigenvalue weighted by molar-refractivity contribution is 6.30. The summed E-state index contributed by atoms with van der Waals surface area (Å²) in [6, 6.07) is 10.6. The minimum atomic E-state index is -0.539. The number of benzene rings is 2. The topological polar surface area (TPSA) is 71.3 Å². The van der Waals surface area contributed by atoms with Crippen molar-refractivity contribution in [2.24, 2.45) is 0 Å². The Bertz CT molecular complexity index is 1060. The van der Waals surface area contributed by atoms with Crippen molar-refractivity contribution < 1.29 is 14.3 Å². The summed E-state index contributed by atoms with van der Waals surface area (Å²) >= 11 is 5.74. The number of fused-ring (bicyclic) bond motifs is 1. The molecule has 0 saturated carbocycles. The Balaban J connectivity index is 1.88. The molecule has 2 N–H and O–H groups in total. The number of aliphatic hydroxyl groups is 1. The molecule has 27 heavy (non-hydrogen) atoms. The van der Waals surface area contributed by atoms with Crippen LogP contribution in [0, 0.1) is 5.82 Å². The summed E-state index contributed by atoms with van der Waals surface area (Å²) in [4.78, 5) is 25.0. The third-order valence-electron chi connectivity index (χ3n) is 4.33. The van der Waals surface area contributed by atoms with Crippen LogP contribution in [0.2, 0.25) is 5.02 Å². The van der Waals surface area contributed by atoms with Crippen molar-refractivity contribution >= 4 is 34.0 Å². The number of aliphatic hydroxyl groups excluding tert-OH is 1. The summed E-state index contributed by atoms with van der Waals surface area (Å²) in [5.41, 5.74) is 0.848. The molecule has 0 aliphatic rings. The Morgan fingerprint density at radius 3 is 2.74 bits per heavy atom. The fourth-order valence-corrected chi connectivity index (χ4v) is 3.07. The van der Waals surface area contributed by atoms with Gasteiger partial charge in [0.25, 0.3) is 5.56 Å². The summed E-state index contributed by atoms with van der Waals surface area (Å²) in [5, 5.41) is 13.1. The number of anilines is 1. The van der Waals surface area contributed by atoms with Gasteiger partial charge >= 0.3 is 0 Å². The van der Waals surface area contributed by atoms with E-state index in [-0.39, 0.29) is 35.6 Å². The molecule has 1 aromatic heterocycles. The zero-order chi connectivity index (χ0) is 19.6. The Morgan fingerprint density at radius 2 is 2.04 bits per heavy atom. The van der Waals surface area contributed by atoms with Crippen molar-refractivity contribution in [2.75, 3.05) is 11.9 Å². The van der Waals surface area contributed by atoms with Gasteiger partial charge in [-0.1, -0.05) is 23.7 Å². The van der Waals surface area contributed by atoms with E-state index in [2.05, 4.69) is 5.32 Å². The molecule has 0 bridgehead atoms. The first kappa shape index (κ1) is 19.1. The quantitative estimate of drug-likeness (QED) is 0.702. The summed E-state index contributed by atoms with van der Waals surface area (Å²) < 4.78 is 14.7. The normalized spacial score (nSPS) is 12.1. The maximum Gasteiger partial charge on any atom is 0.258 e. The molecule has 140 valence electrons. The highest BCUT2D eigenvalue weighted by Gasteiger charge is 2.12. The lowest BCUT2D eigenvalue weighted by molar-refractivity contribution is -0.115. The predicted octanol–water partition coefficient (Wildman–Crippen LogP) is 3.53. The number of aromatic nitrogens is 1. The Labute approximate surface area is 160 Å². The number of amides is 1. The monoisotopic (exact) mass is 388 g/mol. The molecule has 0 saturated heterocycles. The van der Waals surface area contributed by atoms with Gasteiger partial charge in [-0.15, -0.1) is 0 Å². The number of carbonyl (C=O) groups is 1. The predicted molar refractivity (Wildman–Crippen MR) is 104 cm³/mol. The zero-order valence-corrected chi connectivity index (χ0v) is 15.3. The van der Waals surface area contributed by atoms with Gasteiger partial charge in [-0.05, 0) is 42.8 Å². The molecule has 7 heteroatoms. The van der Waals surface area contributed by atoms with E-state index in [0.29, 0.717) is 22.0 Å². The number of halogens is 2. The molecular weight excluding hydrogens is 371 g/mol. The lowest BCUT2D eigenvalue weighted by atomic mass is 10.1. The van der Waals surface area contributed by atoms with Gasteiger partial charge in [-0.2, -0.15) is 0 Å². The second-order valence-electron chi connectivity index (χ2n) is 6.30. The van der Waals surface area contributed by atoms with Crippen LogP contribution in [-0.2, 0) is 11.2 Å². The molecule has 0 spiro atoms. The van der Waals surface area contributed by atoms with Crippen molar-refractivity contribution in [2.45, 2.75) is 19.4 Å². The van der Waals surface area contributed by atoms with Crippen LogP contribution in [0.4, 0.5) is 10.1 Å². The number of nitrogens with zero attached hydrogens (tertiary/aromatic N) is 1. The van der Waals surface area contributed by atoms with Gasteiger partial charge in [0.1, 0.15) is 5.82 Å². The van der Waals surface area contributed by atoms with Crippen LogP contribution >= 0.6 is 11.6 Å². The van der Waals surface area contributed by atoms with Gasteiger partial charge in [0.05, 0.1) is 24.1 Å². The highest BCUT2D eigenvalue weighted by atomic mass is 35.5. The third-order valence-corrected chi connectivity index (χ3v) is 4.62. The number of pyridine rings is 1. The highest BCUT2D eigenvalue weighted by Crippen LogP contribution is 2.22. The molecule has 0 aliphatic heterocycles. The standard InChI is InChI=1S/C20H18ClFN2O3/c1-12(11-25)24-8-7-14-15(20(24)27)3-2-4-18(14)23-19(26)10-13-5-6-17(22)16(21)9-13/h2-9,12,25H,10-11H2,1H3,(H,23,26). The van der Waals surface area contributed by atoms with E-state index in [4.69, 9.17) is 11.6 Å². The van der Waals surface area contributed by atoms with Crippen LogP contribution < -0.4 is 10.9 Å². The van der Waals surface area contributed by atoms with Gasteiger partial charge in [-0.25, -0.2) is 4.39 Å². The SMILES string of the molecule is CC(CO)n1ccc2c(NC(=O)Cc3ccc(F)c(Cl)c3)cccc2c1=O. The van der Waals surface area contributed by atoms with E-state index in [0.717, 1.165) is 0 Å². The number of rotatable bonds is 5. The number of nitrogens with one attached hydrogen (secondary N) is 1. The molecule has 3 rings (SSSR count). The van der Waals surface area contributed by atoms with Crippen molar-refractivity contribution in [3.05, 3.63) is 75.4 Å². The Kier molecular flexibility index (Phi) is 5.58. The van der Waals surface area contributed by atoms with Gasteiger partial charge in [0, 0.05) is 22.7 Å². The first-order valence-corrected chi connectivity index (χ1v) is 8.77. The molecule has 5 nitrogen and oxygen atoms in total. The third kappa shape index (κ3) is 4.02. The van der Waals surface area contributed by atoms with E-state index < -0.39 is 5.82 Å². The smallest absolute Gasteiger partial charge is 0.258 e. The second kappa shape index (κ2) is 7.90. The lowest BCUT2D eigenvalue weighted by Crippen LogP contribution is -2.25. The molecule has 0 fully saturated rings. The average molecular weight is 389 g/mol. The maximum absolute atomic E-state index is 13.2. The molecule has 1 unspecified atom stereocenters. The van der Waals surface area contributed by atoms with Crippen molar-refractivity contribution in [3.8, 4) is 0 Å². The average Bonchev–Trinajstić information content (AvgIpc) is 2.65. The molecule has 2 aromatic carbocycles. The van der Waals surface area contributed by atoms with E-state index >= 15 is 0 Å². The minimum absolute atomic E-state index is 0.0228. The number of hydrogen-bond acceptors (Lipinski definition) is 3. The lowest BCUT2D eigenvalue weighted by Gasteiger charge is -2.14. The van der Waals surface area contributed by atoms with Crippen LogP contribution in [0.25, 0.3) is 10.8 Å². The molecule has 1 amide bonds. The molecule has 1 heterocycles. The Hall–Kier alpha value is -2.70. The van der Waals surface area contributed by atoms with Crippen molar-refractivity contribution in [3.63, 3.8) is 0 Å². The molecule has 3 aromatic rings. The van der Waals surface area contributed by atoms with Crippen molar-refractivity contribution in [1.82, 2.24) is 4.57 Å². The molecular formula is C20H18ClFN2O3. The fraction of sp³-hybridized carbons (Fsp3) is 0.200. The van der Waals surface area contributed by atoms with Crippen molar-refractivity contribution in [1.29, 1.82) is 0 Å². The van der Waals surface area contributed by atoms with E-state index in [1.807, 2.05) is 0 Å². The van der Waals surface area contributed by atoms with Crippen LogP contribution in [0.1, 0.15) is 18.5 Å². The van der Waals surface area contributed by atoms with Crippen LogP contribution in [0.5, 0.6) is 0 Å². The van der Waals surface area contributed by atoms with Crippen LogP contribution in [0.15, 0.2) is 53.5 Å². The van der Waals surface area contributed by atoms with E-state index in [1.54, 1.807) is 37.4 Å². The van der Waals surface area contributed by atoms with Crippen LogP contribution in [0.3, 0.4) is 0 Å². The fourth-order valence-electron chi connectivity index (χ4n) is 2.87. The van der Waals surface area contributed by atoms with Gasteiger partial charge in [-0.3, -0.25) is 9.59 Å². The second-order valence-corrected chi connectivity index (χ2v) is 6.71. The first-order valence-electron chi connectivity index (χ1n) is 8.39. The molecule has 0 aliphatic carbocycles. The Morgan fingerprint density at radius 1 is 1.26 bits per heavy atom. The van der Waals surface area contributed by atoms with Gasteiger partial charge in [0.2, 0.25) is 5.91 Å². The summed E-state index contributed by atoms with van der Waals surface area (Å²) in [5.74, 6) is -0.846. The molecule has 0 radical (unpaired) electrons. The first-order chi connectivity index (χ1) is 12.9. The maximum atomic E-state index is 13.2. The summed E-state index contributed by atoms with van der Waals surface area (Å²) in [6.07, 6.45) is 1.62. The number of hydrogen-bond donors (Lipinski definition) is 2. The summed E-state index contributed by atoms with van der Waals surface area (Å²) in [7, 11) is 0. The minimum Gasteiger partial charge on any atom is -0.394 e. The van der Waals surface area contributed by atoms with E-state index in [1.165, 1.54) is 22.8 Å². The largest absolute Gasteiger partial charge is 0.394 e. The molecule has 1 atom stereocenters. The van der Waals surface area contributed by atoms with Crippen LogP contribution in [-0.4, -0.2) is 22.2 Å². The van der Waals surface area contributed by atoms with Gasteiger partial charge < -0.3 is 15.0 Å². The van der Waals surface area contributed by atoms with Gasteiger partial charge in [0.15, 0.2) is 0 Å². The zero-order valence-electron chi connectivity index (χ0n) is 14.6. The van der Waals surface area contributed by atoms with E-state index in [9.17, 15) is 19.1 Å². The summed E-state index contributed by atoms with van der Waals surface area (Å²) in [6.45, 7) is 1.59.